The summed E-state index contributed by atoms with van der Waals surface area (Å²) in [5.74, 6) is -0.262. The minimum Gasteiger partial charge on any atom is -0.486 e. The van der Waals surface area contributed by atoms with Crippen LogP contribution in [0.1, 0.15) is 5.56 Å². The van der Waals surface area contributed by atoms with E-state index in [9.17, 15) is 4.39 Å². The molecule has 1 aromatic carbocycles. The molecule has 1 heterocycles. The predicted molar refractivity (Wildman–Crippen MR) is 59.4 cm³/mol. The molecule has 0 aliphatic heterocycles. The van der Waals surface area contributed by atoms with Crippen molar-refractivity contribution < 1.29 is 9.13 Å². The van der Waals surface area contributed by atoms with Gasteiger partial charge in [-0.2, -0.15) is 0 Å². The Hall–Kier alpha value is -2.10. The summed E-state index contributed by atoms with van der Waals surface area (Å²) in [6, 6.07) is 8.02. The lowest BCUT2D eigenvalue weighted by atomic mass is 10.3. The van der Waals surface area contributed by atoms with Crippen molar-refractivity contribution in [1.29, 1.82) is 0 Å². The number of rotatable bonds is 3. The number of ether oxygens (including phenoxy) is 1. The van der Waals surface area contributed by atoms with E-state index in [-0.39, 0.29) is 12.4 Å². The van der Waals surface area contributed by atoms with Gasteiger partial charge in [-0.25, -0.2) is 4.39 Å². The van der Waals surface area contributed by atoms with Gasteiger partial charge in [0.2, 0.25) is 0 Å². The number of nitrogens with zero attached hydrogens (tertiary/aromatic N) is 1. The molecule has 2 N–H and O–H groups in total. The molecule has 2 rings (SSSR count). The van der Waals surface area contributed by atoms with Crippen LogP contribution in [-0.4, -0.2) is 4.98 Å². The van der Waals surface area contributed by atoms with Crippen LogP contribution in [0.5, 0.6) is 5.75 Å². The van der Waals surface area contributed by atoms with Crippen molar-refractivity contribution >= 4 is 5.69 Å². The third-order valence-corrected chi connectivity index (χ3v) is 2.07. The molecule has 0 aliphatic rings. The van der Waals surface area contributed by atoms with Gasteiger partial charge in [0.15, 0.2) is 11.6 Å². The molecule has 1 aromatic heterocycles. The van der Waals surface area contributed by atoms with Gasteiger partial charge in [-0.1, -0.05) is 6.07 Å². The van der Waals surface area contributed by atoms with Crippen LogP contribution in [0.4, 0.5) is 10.1 Å². The molecule has 0 amide bonds. The number of pyridine rings is 1. The first kappa shape index (κ1) is 10.4. The largest absolute Gasteiger partial charge is 0.486 e. The summed E-state index contributed by atoms with van der Waals surface area (Å²) in [6.45, 7) is 0.286. The van der Waals surface area contributed by atoms with Crippen molar-refractivity contribution in [3.63, 3.8) is 0 Å². The van der Waals surface area contributed by atoms with Crippen LogP contribution < -0.4 is 10.5 Å². The molecule has 0 atom stereocenters. The third-order valence-electron chi connectivity index (χ3n) is 2.07. The van der Waals surface area contributed by atoms with Gasteiger partial charge >= 0.3 is 0 Å². The Morgan fingerprint density at radius 2 is 2.19 bits per heavy atom. The fourth-order valence-electron chi connectivity index (χ4n) is 1.28. The first-order valence-corrected chi connectivity index (χ1v) is 4.82. The highest BCUT2D eigenvalue weighted by Gasteiger charge is 2.03. The molecule has 0 spiro atoms. The zero-order valence-electron chi connectivity index (χ0n) is 8.56. The second-order valence-electron chi connectivity index (χ2n) is 3.34. The topological polar surface area (TPSA) is 48.1 Å². The van der Waals surface area contributed by atoms with Crippen molar-refractivity contribution in [3.05, 3.63) is 54.1 Å². The monoisotopic (exact) mass is 218 g/mol. The molecular weight excluding hydrogens is 207 g/mol. The minimum absolute atomic E-state index is 0.193. The fraction of sp³-hybridized carbons (Fsp3) is 0.0833. The van der Waals surface area contributed by atoms with Crippen LogP contribution in [0, 0.1) is 5.82 Å². The average molecular weight is 218 g/mol. The van der Waals surface area contributed by atoms with E-state index >= 15 is 0 Å². The summed E-state index contributed by atoms with van der Waals surface area (Å²) >= 11 is 0. The number of nitrogen functional groups attached to an aromatic ring is 1. The average Bonchev–Trinajstić information content (AvgIpc) is 2.29. The molecule has 0 fully saturated rings. The highest BCUT2D eigenvalue weighted by molar-refractivity contribution is 5.42. The molecule has 3 nitrogen and oxygen atoms in total. The second-order valence-corrected chi connectivity index (χ2v) is 3.34. The zero-order chi connectivity index (χ0) is 11.4. The molecule has 0 unspecified atom stereocenters. The van der Waals surface area contributed by atoms with Crippen LogP contribution in [-0.2, 0) is 6.61 Å². The van der Waals surface area contributed by atoms with Crippen molar-refractivity contribution in [2.24, 2.45) is 0 Å². The number of hydrogen-bond acceptors (Lipinski definition) is 3. The lowest BCUT2D eigenvalue weighted by Crippen LogP contribution is -1.98. The Bertz CT molecular complexity index is 474. The second kappa shape index (κ2) is 4.61. The smallest absolute Gasteiger partial charge is 0.167 e. The van der Waals surface area contributed by atoms with Crippen molar-refractivity contribution in [2.45, 2.75) is 6.61 Å². The van der Waals surface area contributed by atoms with Gasteiger partial charge in [0.05, 0.1) is 0 Å². The number of halogens is 1. The maximum absolute atomic E-state index is 13.3. The Kier molecular flexibility index (Phi) is 3.00. The van der Waals surface area contributed by atoms with Gasteiger partial charge < -0.3 is 10.5 Å². The molecule has 2 aromatic rings. The predicted octanol–water partition coefficient (Wildman–Crippen LogP) is 2.38. The van der Waals surface area contributed by atoms with E-state index in [0.717, 1.165) is 5.56 Å². The number of aromatic nitrogens is 1. The van der Waals surface area contributed by atoms with Gasteiger partial charge in [0.1, 0.15) is 6.61 Å². The Balaban J connectivity index is 2.05. The molecule has 16 heavy (non-hydrogen) atoms. The molecule has 82 valence electrons. The van der Waals surface area contributed by atoms with Crippen molar-refractivity contribution in [2.75, 3.05) is 5.73 Å². The standard InChI is InChI=1S/C12H11FN2O/c13-11-6-10(14)3-4-12(11)16-8-9-2-1-5-15-7-9/h1-7H,8,14H2. The Morgan fingerprint density at radius 1 is 1.31 bits per heavy atom. The van der Waals surface area contributed by atoms with E-state index < -0.39 is 5.82 Å². The number of anilines is 1. The van der Waals surface area contributed by atoms with Gasteiger partial charge in [-0.15, -0.1) is 0 Å². The molecular formula is C12H11FN2O. The van der Waals surface area contributed by atoms with Crippen LogP contribution in [0.3, 0.4) is 0 Å². The van der Waals surface area contributed by atoms with E-state index in [4.69, 9.17) is 10.5 Å². The van der Waals surface area contributed by atoms with Crippen LogP contribution >= 0.6 is 0 Å². The number of benzene rings is 1. The molecule has 0 saturated heterocycles. The first-order valence-electron chi connectivity index (χ1n) is 4.82. The van der Waals surface area contributed by atoms with Crippen LogP contribution in [0.15, 0.2) is 42.7 Å². The summed E-state index contributed by atoms with van der Waals surface area (Å²) < 4.78 is 18.6. The Morgan fingerprint density at radius 3 is 2.88 bits per heavy atom. The summed E-state index contributed by atoms with van der Waals surface area (Å²) in [5.41, 5.74) is 6.70. The zero-order valence-corrected chi connectivity index (χ0v) is 8.56. The normalized spacial score (nSPS) is 10.1. The maximum atomic E-state index is 13.3. The summed E-state index contributed by atoms with van der Waals surface area (Å²) in [5, 5.41) is 0. The molecule has 0 saturated carbocycles. The van der Waals surface area contributed by atoms with E-state index in [1.165, 1.54) is 12.1 Å². The molecule has 4 heteroatoms. The Labute approximate surface area is 92.7 Å². The summed E-state index contributed by atoms with van der Waals surface area (Å²) in [6.07, 6.45) is 3.35. The number of nitrogens with two attached hydrogens (primary N) is 1. The van der Waals surface area contributed by atoms with Crippen LogP contribution in [0.25, 0.3) is 0 Å². The van der Waals surface area contributed by atoms with Gasteiger partial charge in [-0.05, 0) is 18.2 Å². The fourth-order valence-corrected chi connectivity index (χ4v) is 1.28. The van der Waals surface area contributed by atoms with E-state index in [1.807, 2.05) is 6.07 Å². The van der Waals surface area contributed by atoms with Crippen molar-refractivity contribution in [3.8, 4) is 5.75 Å². The quantitative estimate of drug-likeness (QED) is 0.804. The minimum atomic E-state index is -0.455. The van der Waals surface area contributed by atoms with E-state index in [2.05, 4.69) is 4.98 Å². The number of hydrogen-bond donors (Lipinski definition) is 1. The van der Waals surface area contributed by atoms with Gasteiger partial charge in [0, 0.05) is 29.7 Å². The first-order chi connectivity index (χ1) is 7.75. The maximum Gasteiger partial charge on any atom is 0.167 e. The van der Waals surface area contributed by atoms with Gasteiger partial charge in [0.25, 0.3) is 0 Å². The van der Waals surface area contributed by atoms with Crippen LogP contribution in [0.2, 0.25) is 0 Å². The molecule has 0 bridgehead atoms. The lowest BCUT2D eigenvalue weighted by Gasteiger charge is -2.07. The SMILES string of the molecule is Nc1ccc(OCc2cccnc2)c(F)c1. The summed E-state index contributed by atoms with van der Waals surface area (Å²) in [7, 11) is 0. The van der Waals surface area contributed by atoms with Gasteiger partial charge in [-0.3, -0.25) is 4.98 Å². The highest BCUT2D eigenvalue weighted by Crippen LogP contribution is 2.20. The third kappa shape index (κ3) is 2.48. The lowest BCUT2D eigenvalue weighted by molar-refractivity contribution is 0.290. The highest BCUT2D eigenvalue weighted by atomic mass is 19.1. The van der Waals surface area contributed by atoms with E-state index in [0.29, 0.717) is 5.69 Å². The molecule has 0 aliphatic carbocycles. The molecule has 0 radical (unpaired) electrons. The van der Waals surface area contributed by atoms with Crippen molar-refractivity contribution in [1.82, 2.24) is 4.98 Å². The van der Waals surface area contributed by atoms with E-state index in [1.54, 1.807) is 24.5 Å². The summed E-state index contributed by atoms with van der Waals surface area (Å²) in [4.78, 5) is 3.94.